The molecule has 4 nitrogen and oxygen atoms in total. The van der Waals surface area contributed by atoms with Crippen LogP contribution in [0.15, 0.2) is 0 Å². The van der Waals surface area contributed by atoms with E-state index in [9.17, 15) is 4.79 Å². The molecule has 0 amide bonds. The van der Waals surface area contributed by atoms with Crippen molar-refractivity contribution in [2.45, 2.75) is 40.5 Å². The fourth-order valence-electron chi connectivity index (χ4n) is 1.93. The van der Waals surface area contributed by atoms with Gasteiger partial charge in [0.1, 0.15) is 0 Å². The van der Waals surface area contributed by atoms with Gasteiger partial charge in [0.25, 0.3) is 0 Å². The molecule has 1 rings (SSSR count). The van der Waals surface area contributed by atoms with Gasteiger partial charge in [0, 0.05) is 17.8 Å². The molecular weight excluding hydrogens is 248 g/mol. The lowest BCUT2D eigenvalue weighted by Gasteiger charge is -2.17. The van der Waals surface area contributed by atoms with Gasteiger partial charge in [-0.25, -0.2) is 4.98 Å². The highest BCUT2D eigenvalue weighted by Crippen LogP contribution is 2.23. The average molecular weight is 270 g/mol. The largest absolute Gasteiger partial charge is 0.481 e. The predicted octanol–water partition coefficient (Wildman–Crippen LogP) is 3.31. The summed E-state index contributed by atoms with van der Waals surface area (Å²) in [4.78, 5) is 16.4. The SMILES string of the molecule is Cc1nc(NCC(CC(=O)O)CC(C)C)sc1C. The number of carboxylic acid groups (broad SMARTS) is 1. The van der Waals surface area contributed by atoms with E-state index >= 15 is 0 Å². The zero-order chi connectivity index (χ0) is 13.7. The Balaban J connectivity index is 2.52. The van der Waals surface area contributed by atoms with Crippen LogP contribution >= 0.6 is 11.3 Å². The van der Waals surface area contributed by atoms with Crippen molar-refractivity contribution in [3.63, 3.8) is 0 Å². The first kappa shape index (κ1) is 15.0. The van der Waals surface area contributed by atoms with Gasteiger partial charge in [-0.05, 0) is 32.1 Å². The molecule has 1 heterocycles. The molecule has 0 fully saturated rings. The fraction of sp³-hybridized carbons (Fsp3) is 0.692. The molecule has 0 aromatic carbocycles. The fourth-order valence-corrected chi connectivity index (χ4v) is 2.75. The van der Waals surface area contributed by atoms with Crippen molar-refractivity contribution >= 4 is 22.4 Å². The molecule has 0 saturated carbocycles. The van der Waals surface area contributed by atoms with Crippen LogP contribution in [0.2, 0.25) is 0 Å². The second kappa shape index (κ2) is 6.73. The lowest BCUT2D eigenvalue weighted by Crippen LogP contribution is -2.19. The molecule has 2 N–H and O–H groups in total. The second-order valence-electron chi connectivity index (χ2n) is 5.13. The maximum Gasteiger partial charge on any atom is 0.303 e. The summed E-state index contributed by atoms with van der Waals surface area (Å²) in [6.45, 7) is 8.94. The van der Waals surface area contributed by atoms with Crippen LogP contribution in [-0.4, -0.2) is 22.6 Å². The van der Waals surface area contributed by atoms with Crippen LogP contribution in [0.5, 0.6) is 0 Å². The van der Waals surface area contributed by atoms with Gasteiger partial charge in [-0.15, -0.1) is 11.3 Å². The number of carbonyl (C=O) groups is 1. The Bertz CT molecular complexity index is 382. The number of hydrogen-bond donors (Lipinski definition) is 2. The smallest absolute Gasteiger partial charge is 0.303 e. The van der Waals surface area contributed by atoms with Crippen molar-refractivity contribution in [2.24, 2.45) is 11.8 Å². The van der Waals surface area contributed by atoms with E-state index in [1.165, 1.54) is 4.88 Å². The van der Waals surface area contributed by atoms with E-state index in [1.54, 1.807) is 11.3 Å². The summed E-state index contributed by atoms with van der Waals surface area (Å²) >= 11 is 1.62. The molecule has 0 spiro atoms. The van der Waals surface area contributed by atoms with Crippen LogP contribution in [0, 0.1) is 25.7 Å². The van der Waals surface area contributed by atoms with E-state index < -0.39 is 5.97 Å². The molecular formula is C13H22N2O2S. The minimum atomic E-state index is -0.728. The molecule has 1 aromatic rings. The molecule has 0 radical (unpaired) electrons. The standard InChI is InChI=1S/C13H22N2O2S/c1-8(2)5-11(6-12(16)17)7-14-13-15-9(3)10(4)18-13/h8,11H,5-7H2,1-4H3,(H,14,15)(H,16,17). The monoisotopic (exact) mass is 270 g/mol. The van der Waals surface area contributed by atoms with Gasteiger partial charge < -0.3 is 10.4 Å². The zero-order valence-electron chi connectivity index (χ0n) is 11.5. The van der Waals surface area contributed by atoms with Gasteiger partial charge in [-0.2, -0.15) is 0 Å². The van der Waals surface area contributed by atoms with Gasteiger partial charge in [-0.1, -0.05) is 13.8 Å². The van der Waals surface area contributed by atoms with Crippen LogP contribution in [0.1, 0.15) is 37.3 Å². The minimum absolute atomic E-state index is 0.159. The summed E-state index contributed by atoms with van der Waals surface area (Å²) in [6, 6.07) is 0. The lowest BCUT2D eigenvalue weighted by molar-refractivity contribution is -0.138. The van der Waals surface area contributed by atoms with E-state index in [0.717, 1.165) is 17.2 Å². The Morgan fingerprint density at radius 3 is 2.56 bits per heavy atom. The van der Waals surface area contributed by atoms with Gasteiger partial charge in [0.15, 0.2) is 5.13 Å². The Morgan fingerprint density at radius 1 is 1.44 bits per heavy atom. The quantitative estimate of drug-likeness (QED) is 0.798. The van der Waals surface area contributed by atoms with Crippen LogP contribution in [0.4, 0.5) is 5.13 Å². The van der Waals surface area contributed by atoms with Crippen molar-refractivity contribution in [2.75, 3.05) is 11.9 Å². The predicted molar refractivity (Wildman–Crippen MR) is 75.3 cm³/mol. The second-order valence-corrected chi connectivity index (χ2v) is 6.34. The number of nitrogens with zero attached hydrogens (tertiary/aromatic N) is 1. The van der Waals surface area contributed by atoms with Crippen LogP contribution in [0.3, 0.4) is 0 Å². The van der Waals surface area contributed by atoms with Crippen molar-refractivity contribution in [3.05, 3.63) is 10.6 Å². The number of carboxylic acids is 1. The molecule has 0 aliphatic heterocycles. The minimum Gasteiger partial charge on any atom is -0.481 e. The molecule has 5 heteroatoms. The third-order valence-corrected chi connectivity index (χ3v) is 3.87. The number of hydrogen-bond acceptors (Lipinski definition) is 4. The Hall–Kier alpha value is -1.10. The first-order valence-corrected chi connectivity index (χ1v) is 7.09. The van der Waals surface area contributed by atoms with Gasteiger partial charge in [-0.3, -0.25) is 4.79 Å². The molecule has 1 aromatic heterocycles. The summed E-state index contributed by atoms with van der Waals surface area (Å²) in [5.74, 6) is -0.0584. The lowest BCUT2D eigenvalue weighted by atomic mass is 9.94. The normalized spacial score (nSPS) is 12.7. The number of aliphatic carboxylic acids is 1. The summed E-state index contributed by atoms with van der Waals surface area (Å²) in [6.07, 6.45) is 1.14. The van der Waals surface area contributed by atoms with Crippen LogP contribution in [0.25, 0.3) is 0 Å². The van der Waals surface area contributed by atoms with Crippen molar-refractivity contribution in [1.82, 2.24) is 4.98 Å². The first-order chi connectivity index (χ1) is 8.38. The van der Waals surface area contributed by atoms with Crippen LogP contribution in [-0.2, 0) is 4.79 Å². The first-order valence-electron chi connectivity index (χ1n) is 6.28. The average Bonchev–Trinajstić information content (AvgIpc) is 2.53. The Kier molecular flexibility index (Phi) is 5.59. The van der Waals surface area contributed by atoms with Crippen molar-refractivity contribution in [1.29, 1.82) is 0 Å². The van der Waals surface area contributed by atoms with Crippen molar-refractivity contribution < 1.29 is 9.90 Å². The van der Waals surface area contributed by atoms with Gasteiger partial charge in [0.05, 0.1) is 5.69 Å². The topological polar surface area (TPSA) is 62.2 Å². The Morgan fingerprint density at radius 2 is 2.11 bits per heavy atom. The number of aromatic nitrogens is 1. The maximum absolute atomic E-state index is 10.8. The summed E-state index contributed by atoms with van der Waals surface area (Å²) < 4.78 is 0. The van der Waals surface area contributed by atoms with E-state index in [1.807, 2.05) is 13.8 Å². The number of thiazole rings is 1. The summed E-state index contributed by atoms with van der Waals surface area (Å²) in [5.41, 5.74) is 1.04. The van der Waals surface area contributed by atoms with E-state index in [2.05, 4.69) is 24.1 Å². The van der Waals surface area contributed by atoms with E-state index in [-0.39, 0.29) is 12.3 Å². The maximum atomic E-state index is 10.8. The zero-order valence-corrected chi connectivity index (χ0v) is 12.3. The highest BCUT2D eigenvalue weighted by molar-refractivity contribution is 7.15. The molecule has 0 aliphatic rings. The van der Waals surface area contributed by atoms with Gasteiger partial charge >= 0.3 is 5.97 Å². The summed E-state index contributed by atoms with van der Waals surface area (Å²) in [5, 5.41) is 13.1. The third kappa shape index (κ3) is 5.04. The molecule has 0 aliphatic carbocycles. The molecule has 1 unspecified atom stereocenters. The molecule has 0 saturated heterocycles. The molecule has 0 bridgehead atoms. The van der Waals surface area contributed by atoms with Crippen LogP contribution < -0.4 is 5.32 Å². The number of anilines is 1. The highest BCUT2D eigenvalue weighted by atomic mass is 32.1. The molecule has 1 atom stereocenters. The molecule has 102 valence electrons. The van der Waals surface area contributed by atoms with Gasteiger partial charge in [0.2, 0.25) is 0 Å². The number of nitrogens with one attached hydrogen (secondary N) is 1. The third-order valence-electron chi connectivity index (χ3n) is 2.84. The number of rotatable bonds is 7. The summed E-state index contributed by atoms with van der Waals surface area (Å²) in [7, 11) is 0. The van der Waals surface area contributed by atoms with E-state index in [0.29, 0.717) is 12.5 Å². The number of aryl methyl sites for hydroxylation is 2. The molecule has 18 heavy (non-hydrogen) atoms. The van der Waals surface area contributed by atoms with E-state index in [4.69, 9.17) is 5.11 Å². The van der Waals surface area contributed by atoms with Crippen molar-refractivity contribution in [3.8, 4) is 0 Å². The highest BCUT2D eigenvalue weighted by Gasteiger charge is 2.15. The Labute approximate surface area is 112 Å².